The van der Waals surface area contributed by atoms with Gasteiger partial charge in [0.25, 0.3) is 0 Å². The molecule has 0 aromatic heterocycles. The smallest absolute Gasteiger partial charge is 0.0689 e. The van der Waals surface area contributed by atoms with Gasteiger partial charge in [0.15, 0.2) is 0 Å². The number of nitriles is 1. The first kappa shape index (κ1) is 15.7. The van der Waals surface area contributed by atoms with Crippen molar-refractivity contribution >= 4 is 0 Å². The zero-order valence-electron chi connectivity index (χ0n) is 3.92. The van der Waals surface area contributed by atoms with Crippen LogP contribution in [-0.4, -0.2) is 5.09 Å². The van der Waals surface area contributed by atoms with Gasteiger partial charge in [0.1, 0.15) is 0 Å². The molecule has 0 spiro atoms. The summed E-state index contributed by atoms with van der Waals surface area (Å²) in [6.07, 6.45) is 0. The number of hydrogen-bond acceptors (Lipinski definition) is 4. The monoisotopic (exact) mass is 166 g/mol. The molecule has 0 aliphatic heterocycles. The van der Waals surface area contributed by atoms with Gasteiger partial charge in [-0.15, -0.1) is 0 Å². The zero-order valence-corrected chi connectivity index (χ0v) is 4.86. The van der Waals surface area contributed by atoms with Gasteiger partial charge in [0, 0.05) is 24.0 Å². The van der Waals surface area contributed by atoms with E-state index in [1.165, 1.54) is 6.92 Å². The van der Waals surface area contributed by atoms with Gasteiger partial charge in [0.05, 0.1) is 11.2 Å². The van der Waals surface area contributed by atoms with E-state index >= 15 is 0 Å². The van der Waals surface area contributed by atoms with E-state index in [0.29, 0.717) is 0 Å². The van der Waals surface area contributed by atoms with Crippen LogP contribution in [0.25, 0.3) is 0 Å². The molecule has 0 aliphatic rings. The summed E-state index contributed by atoms with van der Waals surface area (Å²) < 4.78 is 0. The van der Waals surface area contributed by atoms with Crippen LogP contribution in [0, 0.1) is 26.7 Å². The zero-order chi connectivity index (χ0) is 6.28. The Bertz CT molecular complexity index is 83.8. The molecule has 0 fully saturated rings. The molecule has 0 unspecified atom stereocenters. The Morgan fingerprint density at radius 1 is 1.62 bits per heavy atom. The molecule has 8 heavy (non-hydrogen) atoms. The standard InChI is InChI=1S/C2H3N.Cu.NO3/c1-2-3;;2-1(3)4/h1H3;;/q;;-1. The Hall–Kier alpha value is -0.791. The van der Waals surface area contributed by atoms with Crippen LogP contribution in [0.15, 0.2) is 0 Å². The van der Waals surface area contributed by atoms with Crippen LogP contribution >= 0.6 is 0 Å². The van der Waals surface area contributed by atoms with Crippen molar-refractivity contribution in [3.8, 4) is 6.07 Å². The summed E-state index contributed by atoms with van der Waals surface area (Å²) in [5.74, 6) is 0. The fraction of sp³-hybridized carbons (Fsp3) is 0.500. The Labute approximate surface area is 56.5 Å². The maximum atomic E-state index is 8.25. The van der Waals surface area contributed by atoms with Crippen molar-refractivity contribution in [2.24, 2.45) is 0 Å². The quantitative estimate of drug-likeness (QED) is 0.294. The fourth-order valence-corrected chi connectivity index (χ4v) is 0. The Morgan fingerprint density at radius 3 is 1.62 bits per heavy atom. The summed E-state index contributed by atoms with van der Waals surface area (Å²) in [6, 6.07) is 1.75. The molecule has 0 aliphatic carbocycles. The fourth-order valence-electron chi connectivity index (χ4n) is 0. The van der Waals surface area contributed by atoms with Crippen LogP contribution in [0.4, 0.5) is 0 Å². The molecule has 0 aromatic rings. The predicted molar refractivity (Wildman–Crippen MR) is 21.6 cm³/mol. The van der Waals surface area contributed by atoms with Crippen molar-refractivity contribution in [3.05, 3.63) is 15.3 Å². The molecule has 0 saturated carbocycles. The summed E-state index contributed by atoms with van der Waals surface area (Å²) >= 11 is 0. The van der Waals surface area contributed by atoms with E-state index in [4.69, 9.17) is 20.6 Å². The number of rotatable bonds is 0. The first-order valence-corrected chi connectivity index (χ1v) is 1.27. The topological polar surface area (TPSA) is 90.0 Å². The molecule has 6 heteroatoms. The van der Waals surface area contributed by atoms with E-state index in [1.54, 1.807) is 6.07 Å². The maximum absolute atomic E-state index is 8.25. The first-order chi connectivity index (χ1) is 3.15. The van der Waals surface area contributed by atoms with Crippen molar-refractivity contribution in [2.45, 2.75) is 6.92 Å². The van der Waals surface area contributed by atoms with Crippen molar-refractivity contribution in [1.82, 2.24) is 0 Å². The SMILES string of the molecule is CC#N.O=[N+]([O-])[O-].[Cu]. The Kier molecular flexibility index (Phi) is 32.1. The molecular formula is C2H3CuN2O3-. The van der Waals surface area contributed by atoms with Crippen LogP contribution in [0.3, 0.4) is 0 Å². The molecule has 0 atom stereocenters. The van der Waals surface area contributed by atoms with E-state index < -0.39 is 5.09 Å². The summed E-state index contributed by atoms with van der Waals surface area (Å²) in [5, 5.41) is 22.1. The number of nitrogens with zero attached hydrogens (tertiary/aromatic N) is 2. The second kappa shape index (κ2) is 16.4. The predicted octanol–water partition coefficient (Wildman–Crippen LogP) is 0.288. The normalized spacial score (nSPS) is 4.00. The maximum Gasteiger partial charge on any atom is 0.0689 e. The minimum absolute atomic E-state index is 0. The van der Waals surface area contributed by atoms with Gasteiger partial charge < -0.3 is 15.3 Å². The molecule has 0 rings (SSSR count). The van der Waals surface area contributed by atoms with Crippen LogP contribution in [-0.2, 0) is 17.1 Å². The molecule has 0 N–H and O–H groups in total. The van der Waals surface area contributed by atoms with E-state index in [2.05, 4.69) is 0 Å². The van der Waals surface area contributed by atoms with Gasteiger partial charge in [-0.2, -0.15) is 5.26 Å². The minimum Gasteiger partial charge on any atom is -0.356 e. The average molecular weight is 167 g/mol. The van der Waals surface area contributed by atoms with Crippen molar-refractivity contribution < 1.29 is 22.2 Å². The van der Waals surface area contributed by atoms with Gasteiger partial charge in [-0.05, 0) is 0 Å². The second-order valence-electron chi connectivity index (χ2n) is 0.447. The van der Waals surface area contributed by atoms with Gasteiger partial charge in [-0.1, -0.05) is 0 Å². The third kappa shape index (κ3) is 148. The molecule has 0 aromatic carbocycles. The molecule has 0 amide bonds. The summed E-state index contributed by atoms with van der Waals surface area (Å²) in [4.78, 5) is 8.25. The van der Waals surface area contributed by atoms with Crippen LogP contribution in [0.2, 0.25) is 0 Å². The second-order valence-corrected chi connectivity index (χ2v) is 0.447. The van der Waals surface area contributed by atoms with E-state index in [9.17, 15) is 0 Å². The third-order valence-corrected chi connectivity index (χ3v) is 0. The third-order valence-electron chi connectivity index (χ3n) is 0. The molecule has 5 nitrogen and oxygen atoms in total. The van der Waals surface area contributed by atoms with Gasteiger partial charge in [-0.25, -0.2) is 0 Å². The van der Waals surface area contributed by atoms with E-state index in [1.807, 2.05) is 0 Å². The number of hydrogen-bond donors (Lipinski definition) is 0. The van der Waals surface area contributed by atoms with Crippen molar-refractivity contribution in [1.29, 1.82) is 5.26 Å². The molecule has 0 bridgehead atoms. The van der Waals surface area contributed by atoms with E-state index in [0.717, 1.165) is 0 Å². The van der Waals surface area contributed by atoms with Crippen LogP contribution in [0.5, 0.6) is 0 Å². The summed E-state index contributed by atoms with van der Waals surface area (Å²) in [6.45, 7) is 1.43. The summed E-state index contributed by atoms with van der Waals surface area (Å²) in [5.41, 5.74) is 0. The minimum atomic E-state index is -1.75. The van der Waals surface area contributed by atoms with Crippen molar-refractivity contribution in [2.75, 3.05) is 0 Å². The summed E-state index contributed by atoms with van der Waals surface area (Å²) in [7, 11) is 0. The largest absolute Gasteiger partial charge is 0.356 e. The van der Waals surface area contributed by atoms with Crippen molar-refractivity contribution in [3.63, 3.8) is 0 Å². The molecule has 0 heterocycles. The van der Waals surface area contributed by atoms with Gasteiger partial charge in [0.2, 0.25) is 0 Å². The van der Waals surface area contributed by atoms with Crippen LogP contribution < -0.4 is 0 Å². The Morgan fingerprint density at radius 2 is 1.62 bits per heavy atom. The average Bonchev–Trinajstić information content (AvgIpc) is 1.33. The van der Waals surface area contributed by atoms with Gasteiger partial charge in [-0.3, -0.25) is 0 Å². The molecular weight excluding hydrogens is 164 g/mol. The molecule has 1 radical (unpaired) electrons. The first-order valence-electron chi connectivity index (χ1n) is 1.27. The molecule has 0 saturated heterocycles. The Balaban J connectivity index is -0.0000000575. The van der Waals surface area contributed by atoms with E-state index in [-0.39, 0.29) is 17.1 Å². The molecule has 51 valence electrons. The van der Waals surface area contributed by atoms with Crippen LogP contribution in [0.1, 0.15) is 6.92 Å². The van der Waals surface area contributed by atoms with Gasteiger partial charge >= 0.3 is 0 Å².